The van der Waals surface area contributed by atoms with Crippen LogP contribution in [0.5, 0.6) is 0 Å². The van der Waals surface area contributed by atoms with Crippen LogP contribution >= 0.6 is 0 Å². The van der Waals surface area contributed by atoms with E-state index in [0.717, 1.165) is 16.5 Å². The number of para-hydroxylation sites is 2. The van der Waals surface area contributed by atoms with Crippen LogP contribution < -0.4 is 0 Å². The van der Waals surface area contributed by atoms with Crippen molar-refractivity contribution in [1.82, 2.24) is 4.98 Å². The summed E-state index contributed by atoms with van der Waals surface area (Å²) >= 11 is 0. The largest absolute Gasteiger partial charge is 0.454 e. The second-order valence-corrected chi connectivity index (χ2v) is 5.74. The Morgan fingerprint density at radius 1 is 1.20 bits per heavy atom. The van der Waals surface area contributed by atoms with Gasteiger partial charge in [0.1, 0.15) is 11.7 Å². The van der Waals surface area contributed by atoms with Gasteiger partial charge in [-0.2, -0.15) is 0 Å². The third kappa shape index (κ3) is 3.33. The average Bonchev–Trinajstić information content (AvgIpc) is 2.60. The summed E-state index contributed by atoms with van der Waals surface area (Å²) in [6.07, 6.45) is 1.06. The quantitative estimate of drug-likeness (QED) is 0.401. The van der Waals surface area contributed by atoms with E-state index in [-0.39, 0.29) is 11.3 Å². The summed E-state index contributed by atoms with van der Waals surface area (Å²) in [7, 11) is 0. The molecule has 6 nitrogen and oxygen atoms in total. The molecule has 6 heteroatoms. The van der Waals surface area contributed by atoms with Crippen LogP contribution in [0.1, 0.15) is 34.5 Å². The van der Waals surface area contributed by atoms with Gasteiger partial charge in [0.05, 0.1) is 10.4 Å². The number of carbonyl (C=O) groups is 1. The van der Waals surface area contributed by atoms with Crippen molar-refractivity contribution < 1.29 is 14.5 Å². The standard InChI is InChI=1S/C19H16N2O4/c1-12-6-5-8-16(18(12)21(23)24)19(22)25-13(2)15-10-14-7-3-4-9-17(14)20-11-15/h3-11,13H,1-2H3. The number of pyridine rings is 1. The number of ether oxygens (including phenoxy) is 1. The third-order valence-corrected chi connectivity index (χ3v) is 4.01. The molecule has 0 bridgehead atoms. The van der Waals surface area contributed by atoms with E-state index in [9.17, 15) is 14.9 Å². The molecule has 1 aromatic heterocycles. The van der Waals surface area contributed by atoms with Crippen LogP contribution in [0, 0.1) is 17.0 Å². The van der Waals surface area contributed by atoms with E-state index in [0.29, 0.717) is 5.56 Å². The topological polar surface area (TPSA) is 82.3 Å². The fourth-order valence-corrected chi connectivity index (χ4v) is 2.67. The first kappa shape index (κ1) is 16.6. The summed E-state index contributed by atoms with van der Waals surface area (Å²) < 4.78 is 5.43. The summed E-state index contributed by atoms with van der Waals surface area (Å²) in [5, 5.41) is 12.2. The van der Waals surface area contributed by atoms with Gasteiger partial charge in [0.15, 0.2) is 0 Å². The van der Waals surface area contributed by atoms with Crippen molar-refractivity contribution in [3.05, 3.63) is 81.5 Å². The van der Waals surface area contributed by atoms with E-state index < -0.39 is 17.0 Å². The number of fused-ring (bicyclic) bond motifs is 1. The molecule has 0 saturated heterocycles. The van der Waals surface area contributed by atoms with Gasteiger partial charge < -0.3 is 4.74 Å². The molecule has 1 atom stereocenters. The van der Waals surface area contributed by atoms with E-state index in [1.54, 1.807) is 32.2 Å². The molecule has 0 spiro atoms. The monoisotopic (exact) mass is 336 g/mol. The van der Waals surface area contributed by atoms with Crippen LogP contribution in [0.4, 0.5) is 5.69 Å². The van der Waals surface area contributed by atoms with Crippen LogP contribution in [0.25, 0.3) is 10.9 Å². The van der Waals surface area contributed by atoms with Gasteiger partial charge >= 0.3 is 5.97 Å². The molecule has 0 aliphatic rings. The second kappa shape index (κ2) is 6.68. The Labute approximate surface area is 144 Å². The number of aryl methyl sites for hydroxylation is 1. The second-order valence-electron chi connectivity index (χ2n) is 5.74. The van der Waals surface area contributed by atoms with Gasteiger partial charge in [-0.25, -0.2) is 4.79 Å². The molecule has 0 aliphatic carbocycles. The molecule has 1 unspecified atom stereocenters. The minimum Gasteiger partial charge on any atom is -0.454 e. The number of nitrogens with zero attached hydrogens (tertiary/aromatic N) is 2. The molecule has 25 heavy (non-hydrogen) atoms. The molecule has 0 saturated carbocycles. The predicted molar refractivity (Wildman–Crippen MR) is 93.4 cm³/mol. The molecular formula is C19H16N2O4. The van der Waals surface area contributed by atoms with E-state index in [1.807, 2.05) is 30.3 Å². The predicted octanol–water partition coefficient (Wildman–Crippen LogP) is 4.37. The Hall–Kier alpha value is -3.28. The van der Waals surface area contributed by atoms with Crippen LogP contribution in [-0.4, -0.2) is 15.9 Å². The Morgan fingerprint density at radius 2 is 1.96 bits per heavy atom. The minimum absolute atomic E-state index is 0.0504. The van der Waals surface area contributed by atoms with E-state index in [4.69, 9.17) is 4.74 Å². The fourth-order valence-electron chi connectivity index (χ4n) is 2.67. The molecule has 0 aliphatic heterocycles. The van der Waals surface area contributed by atoms with E-state index in [1.165, 1.54) is 6.07 Å². The number of benzene rings is 2. The van der Waals surface area contributed by atoms with Gasteiger partial charge in [-0.15, -0.1) is 0 Å². The lowest BCUT2D eigenvalue weighted by atomic mass is 10.1. The fraction of sp³-hybridized carbons (Fsp3) is 0.158. The maximum absolute atomic E-state index is 12.4. The van der Waals surface area contributed by atoms with Crippen molar-refractivity contribution in [3.8, 4) is 0 Å². The number of carbonyl (C=O) groups excluding carboxylic acids is 1. The summed E-state index contributed by atoms with van der Waals surface area (Å²) in [6.45, 7) is 3.30. The highest BCUT2D eigenvalue weighted by Gasteiger charge is 2.25. The maximum Gasteiger partial charge on any atom is 0.345 e. The zero-order valence-electron chi connectivity index (χ0n) is 13.8. The lowest BCUT2D eigenvalue weighted by Crippen LogP contribution is -2.12. The first-order chi connectivity index (χ1) is 12.0. The first-order valence-electron chi connectivity index (χ1n) is 7.77. The first-order valence-corrected chi connectivity index (χ1v) is 7.77. The smallest absolute Gasteiger partial charge is 0.345 e. The SMILES string of the molecule is Cc1cccc(C(=O)OC(C)c2cnc3ccccc3c2)c1[N+](=O)[O-]. The summed E-state index contributed by atoms with van der Waals surface area (Å²) in [5.74, 6) is -0.726. The molecule has 0 fully saturated rings. The molecule has 0 radical (unpaired) electrons. The molecule has 126 valence electrons. The molecular weight excluding hydrogens is 320 g/mol. The van der Waals surface area contributed by atoms with Crippen LogP contribution in [-0.2, 0) is 4.74 Å². The van der Waals surface area contributed by atoms with Crippen LogP contribution in [0.2, 0.25) is 0 Å². The highest BCUT2D eigenvalue weighted by Crippen LogP contribution is 2.27. The van der Waals surface area contributed by atoms with Gasteiger partial charge in [0.2, 0.25) is 0 Å². The van der Waals surface area contributed by atoms with Gasteiger partial charge in [0, 0.05) is 22.7 Å². The number of aromatic nitrogens is 1. The van der Waals surface area contributed by atoms with Crippen molar-refractivity contribution in [2.75, 3.05) is 0 Å². The van der Waals surface area contributed by atoms with E-state index >= 15 is 0 Å². The number of rotatable bonds is 4. The molecule has 1 heterocycles. The highest BCUT2D eigenvalue weighted by molar-refractivity contribution is 5.94. The molecule has 3 aromatic rings. The zero-order chi connectivity index (χ0) is 18.0. The van der Waals surface area contributed by atoms with Gasteiger partial charge in [-0.05, 0) is 32.0 Å². The lowest BCUT2D eigenvalue weighted by molar-refractivity contribution is -0.385. The number of hydrogen-bond donors (Lipinski definition) is 0. The number of nitro groups is 1. The van der Waals surface area contributed by atoms with E-state index in [2.05, 4.69) is 4.98 Å². The summed E-state index contributed by atoms with van der Waals surface area (Å²) in [6, 6.07) is 14.1. The molecule has 0 amide bonds. The number of nitro benzene ring substituents is 1. The van der Waals surface area contributed by atoms with Crippen molar-refractivity contribution in [2.24, 2.45) is 0 Å². The van der Waals surface area contributed by atoms with Gasteiger partial charge in [-0.3, -0.25) is 15.1 Å². The summed E-state index contributed by atoms with van der Waals surface area (Å²) in [4.78, 5) is 27.4. The third-order valence-electron chi connectivity index (χ3n) is 4.01. The highest BCUT2D eigenvalue weighted by atomic mass is 16.6. The minimum atomic E-state index is -0.726. The van der Waals surface area contributed by atoms with Crippen molar-refractivity contribution in [3.63, 3.8) is 0 Å². The summed E-state index contributed by atoms with van der Waals surface area (Å²) in [5.41, 5.74) is 1.71. The number of hydrogen-bond acceptors (Lipinski definition) is 5. The van der Waals surface area contributed by atoms with Gasteiger partial charge in [-0.1, -0.05) is 30.3 Å². The Bertz CT molecular complexity index is 969. The Balaban J connectivity index is 1.87. The Kier molecular flexibility index (Phi) is 4.43. The van der Waals surface area contributed by atoms with Crippen LogP contribution in [0.15, 0.2) is 54.7 Å². The average molecular weight is 336 g/mol. The zero-order valence-corrected chi connectivity index (χ0v) is 13.8. The van der Waals surface area contributed by atoms with Crippen LogP contribution in [0.3, 0.4) is 0 Å². The molecule has 3 rings (SSSR count). The number of esters is 1. The maximum atomic E-state index is 12.4. The van der Waals surface area contributed by atoms with Crippen molar-refractivity contribution >= 4 is 22.6 Å². The molecule has 0 N–H and O–H groups in total. The normalized spacial score (nSPS) is 11.9. The van der Waals surface area contributed by atoms with Crippen molar-refractivity contribution in [1.29, 1.82) is 0 Å². The Morgan fingerprint density at radius 3 is 2.72 bits per heavy atom. The molecule has 2 aromatic carbocycles. The van der Waals surface area contributed by atoms with Gasteiger partial charge in [0.25, 0.3) is 5.69 Å². The van der Waals surface area contributed by atoms with Crippen molar-refractivity contribution in [2.45, 2.75) is 20.0 Å². The lowest BCUT2D eigenvalue weighted by Gasteiger charge is -2.14.